The molecule has 11 heteroatoms. The van der Waals surface area contributed by atoms with Crippen LogP contribution in [0.2, 0.25) is 0 Å². The lowest BCUT2D eigenvalue weighted by atomic mass is 9.97. The fourth-order valence-corrected chi connectivity index (χ4v) is 3.52. The minimum Gasteiger partial charge on any atom is -0.453 e. The number of hydrogen-bond acceptors (Lipinski definition) is 8. The Hall–Kier alpha value is -4.25. The van der Waals surface area contributed by atoms with Crippen LogP contribution in [0.4, 0.5) is 10.5 Å². The summed E-state index contributed by atoms with van der Waals surface area (Å²) in [6.45, 7) is 2.27. The molecule has 5 rings (SSSR count). The van der Waals surface area contributed by atoms with E-state index in [2.05, 4.69) is 30.5 Å². The van der Waals surface area contributed by atoms with Gasteiger partial charge in [0.1, 0.15) is 11.3 Å². The van der Waals surface area contributed by atoms with Crippen LogP contribution in [0.25, 0.3) is 17.0 Å². The molecule has 168 valence electrons. The predicted molar refractivity (Wildman–Crippen MR) is 116 cm³/mol. The summed E-state index contributed by atoms with van der Waals surface area (Å²) in [4.78, 5) is 33.3. The van der Waals surface area contributed by atoms with Crippen LogP contribution in [0.1, 0.15) is 21.9 Å². The first-order valence-corrected chi connectivity index (χ1v) is 10.1. The number of alkyl carbamates (subject to hydrolysis) is 1. The zero-order valence-corrected chi connectivity index (χ0v) is 17.9. The van der Waals surface area contributed by atoms with E-state index >= 15 is 0 Å². The molecular formula is C22H20N6O5. The van der Waals surface area contributed by atoms with Gasteiger partial charge >= 0.3 is 6.09 Å². The number of amides is 2. The summed E-state index contributed by atoms with van der Waals surface area (Å²) < 4.78 is 17.1. The average molecular weight is 448 g/mol. The van der Waals surface area contributed by atoms with E-state index in [0.29, 0.717) is 28.4 Å². The lowest BCUT2D eigenvalue weighted by Gasteiger charge is -2.37. The minimum atomic E-state index is -0.927. The Morgan fingerprint density at radius 2 is 2.06 bits per heavy atom. The van der Waals surface area contributed by atoms with E-state index in [4.69, 9.17) is 9.26 Å². The van der Waals surface area contributed by atoms with Crippen LogP contribution < -0.4 is 10.6 Å². The maximum atomic E-state index is 12.9. The number of rotatable bonds is 5. The van der Waals surface area contributed by atoms with Gasteiger partial charge < -0.3 is 24.6 Å². The van der Waals surface area contributed by atoms with Gasteiger partial charge in [-0.15, -0.1) is 0 Å². The highest BCUT2D eigenvalue weighted by Gasteiger charge is 2.47. The monoisotopic (exact) mass is 448 g/mol. The number of benzene rings is 1. The standard InChI is InChI=1S/C22H20N6O5/c1-13-6-7-14(18-25-20(33-27-18)22(11-32-12-22)26-21(30)31-2)9-15(13)24-19(29)16-10-23-17-5-3-4-8-28(16)17/h3-10H,11-12H2,1-2H3,(H,24,29)(H,26,30). The fourth-order valence-electron chi connectivity index (χ4n) is 3.52. The van der Waals surface area contributed by atoms with Crippen LogP contribution >= 0.6 is 0 Å². The van der Waals surface area contributed by atoms with Gasteiger partial charge in [-0.2, -0.15) is 4.98 Å². The number of methoxy groups -OCH3 is 1. The molecule has 0 radical (unpaired) electrons. The van der Waals surface area contributed by atoms with Crippen LogP contribution in [-0.4, -0.2) is 51.8 Å². The SMILES string of the molecule is COC(=O)NC1(c2nc(-c3ccc(C)c(NC(=O)c4cnc5ccccn45)c3)no2)COC1. The first-order valence-electron chi connectivity index (χ1n) is 10.1. The Morgan fingerprint density at radius 3 is 2.82 bits per heavy atom. The van der Waals surface area contributed by atoms with Crippen molar-refractivity contribution in [1.82, 2.24) is 24.8 Å². The maximum Gasteiger partial charge on any atom is 0.407 e. The molecule has 4 aromatic rings. The summed E-state index contributed by atoms with van der Waals surface area (Å²) in [7, 11) is 1.27. The second kappa shape index (κ2) is 8.02. The predicted octanol–water partition coefficient (Wildman–Crippen LogP) is 2.53. The maximum absolute atomic E-state index is 12.9. The molecule has 33 heavy (non-hydrogen) atoms. The largest absolute Gasteiger partial charge is 0.453 e. The number of carbonyl (C=O) groups excluding carboxylic acids is 2. The van der Waals surface area contributed by atoms with E-state index in [-0.39, 0.29) is 25.0 Å². The van der Waals surface area contributed by atoms with Crippen molar-refractivity contribution in [3.63, 3.8) is 0 Å². The van der Waals surface area contributed by atoms with Crippen LogP contribution in [0.15, 0.2) is 53.3 Å². The van der Waals surface area contributed by atoms with Crippen molar-refractivity contribution in [2.75, 3.05) is 25.6 Å². The molecule has 0 atom stereocenters. The Bertz CT molecular complexity index is 1360. The highest BCUT2D eigenvalue weighted by atomic mass is 16.5. The Kier molecular flexibility index (Phi) is 5.02. The van der Waals surface area contributed by atoms with E-state index in [1.54, 1.807) is 16.7 Å². The number of carbonyl (C=O) groups is 2. The number of ether oxygens (including phenoxy) is 2. The van der Waals surface area contributed by atoms with E-state index in [0.717, 1.165) is 5.56 Å². The number of fused-ring (bicyclic) bond motifs is 1. The second-order valence-electron chi connectivity index (χ2n) is 7.67. The number of hydrogen-bond donors (Lipinski definition) is 2. The first kappa shape index (κ1) is 20.6. The minimum absolute atomic E-state index is 0.193. The Morgan fingerprint density at radius 1 is 1.21 bits per heavy atom. The fraction of sp³-hybridized carbons (Fsp3) is 0.227. The molecule has 1 saturated heterocycles. The summed E-state index contributed by atoms with van der Waals surface area (Å²) >= 11 is 0. The van der Waals surface area contributed by atoms with Crippen molar-refractivity contribution in [1.29, 1.82) is 0 Å². The molecule has 0 saturated carbocycles. The molecule has 1 aliphatic rings. The van der Waals surface area contributed by atoms with Crippen molar-refractivity contribution in [2.45, 2.75) is 12.5 Å². The van der Waals surface area contributed by atoms with Crippen LogP contribution in [0, 0.1) is 6.92 Å². The van der Waals surface area contributed by atoms with Gasteiger partial charge in [-0.25, -0.2) is 9.78 Å². The number of imidazole rings is 1. The molecule has 1 aliphatic heterocycles. The van der Waals surface area contributed by atoms with Crippen molar-refractivity contribution >= 4 is 23.3 Å². The molecule has 11 nitrogen and oxygen atoms in total. The number of nitrogens with one attached hydrogen (secondary N) is 2. The van der Waals surface area contributed by atoms with Gasteiger partial charge in [0.15, 0.2) is 5.54 Å². The Labute approximate surface area is 187 Å². The number of anilines is 1. The van der Waals surface area contributed by atoms with Gasteiger partial charge in [-0.3, -0.25) is 9.20 Å². The molecule has 0 aliphatic carbocycles. The van der Waals surface area contributed by atoms with Gasteiger partial charge in [0.05, 0.1) is 26.5 Å². The van der Waals surface area contributed by atoms with Crippen LogP contribution in [0.3, 0.4) is 0 Å². The van der Waals surface area contributed by atoms with Gasteiger partial charge in [0, 0.05) is 17.4 Å². The van der Waals surface area contributed by atoms with E-state index < -0.39 is 11.6 Å². The van der Waals surface area contributed by atoms with E-state index in [1.165, 1.54) is 13.3 Å². The highest BCUT2D eigenvalue weighted by molar-refractivity contribution is 6.04. The number of aryl methyl sites for hydroxylation is 1. The molecule has 4 heterocycles. The third-order valence-electron chi connectivity index (χ3n) is 5.45. The van der Waals surface area contributed by atoms with E-state index in [9.17, 15) is 9.59 Å². The summed E-state index contributed by atoms with van der Waals surface area (Å²) in [5.41, 5.74) is 2.27. The van der Waals surface area contributed by atoms with Gasteiger partial charge in [0.2, 0.25) is 5.82 Å². The molecule has 0 spiro atoms. The smallest absolute Gasteiger partial charge is 0.407 e. The van der Waals surface area contributed by atoms with Crippen molar-refractivity contribution in [3.05, 3.63) is 65.9 Å². The third-order valence-corrected chi connectivity index (χ3v) is 5.45. The number of nitrogens with zero attached hydrogens (tertiary/aromatic N) is 4. The molecule has 1 aromatic carbocycles. The lowest BCUT2D eigenvalue weighted by Crippen LogP contribution is -2.59. The Balaban J connectivity index is 1.40. The number of pyridine rings is 1. The molecule has 1 fully saturated rings. The zero-order chi connectivity index (χ0) is 23.0. The lowest BCUT2D eigenvalue weighted by molar-refractivity contribution is -0.0894. The molecular weight excluding hydrogens is 428 g/mol. The molecule has 3 aromatic heterocycles. The normalized spacial score (nSPS) is 14.5. The average Bonchev–Trinajstić information content (AvgIpc) is 3.45. The summed E-state index contributed by atoms with van der Waals surface area (Å²) in [5, 5.41) is 9.67. The molecule has 0 unspecified atom stereocenters. The van der Waals surface area contributed by atoms with Gasteiger partial charge in [-0.1, -0.05) is 23.4 Å². The van der Waals surface area contributed by atoms with E-state index in [1.807, 2.05) is 37.3 Å². The topological polar surface area (TPSA) is 133 Å². The summed E-state index contributed by atoms with van der Waals surface area (Å²) in [6.07, 6.45) is 2.69. The van der Waals surface area contributed by atoms with Crippen molar-refractivity contribution in [3.8, 4) is 11.4 Å². The molecule has 2 amide bonds. The second-order valence-corrected chi connectivity index (χ2v) is 7.67. The summed E-state index contributed by atoms with van der Waals surface area (Å²) in [5.74, 6) is 0.231. The van der Waals surface area contributed by atoms with Gasteiger partial charge in [-0.05, 0) is 30.7 Å². The first-order chi connectivity index (χ1) is 16.0. The van der Waals surface area contributed by atoms with Crippen molar-refractivity contribution < 1.29 is 23.6 Å². The molecule has 2 N–H and O–H groups in total. The molecule has 0 bridgehead atoms. The highest BCUT2D eigenvalue weighted by Crippen LogP contribution is 2.31. The van der Waals surface area contributed by atoms with Crippen LogP contribution in [-0.2, 0) is 15.0 Å². The summed E-state index contributed by atoms with van der Waals surface area (Å²) in [6, 6.07) is 11.0. The van der Waals surface area contributed by atoms with Gasteiger partial charge in [0.25, 0.3) is 11.8 Å². The van der Waals surface area contributed by atoms with Crippen molar-refractivity contribution in [2.24, 2.45) is 0 Å². The zero-order valence-electron chi connectivity index (χ0n) is 17.9. The quantitative estimate of drug-likeness (QED) is 0.476. The third kappa shape index (κ3) is 3.68. The van der Waals surface area contributed by atoms with Crippen LogP contribution in [0.5, 0.6) is 0 Å². The number of aromatic nitrogens is 4.